The van der Waals surface area contributed by atoms with Gasteiger partial charge in [0.05, 0.1) is 25.2 Å². The van der Waals surface area contributed by atoms with Crippen molar-refractivity contribution in [3.63, 3.8) is 0 Å². The molecule has 0 bridgehead atoms. The number of Topliss-reactive ketones (excluding diaryl/α,β-unsaturated/α-hetero) is 2. The Morgan fingerprint density at radius 2 is 1.39 bits per heavy atom. The fourth-order valence-corrected chi connectivity index (χ4v) is 4.84. The van der Waals surface area contributed by atoms with E-state index in [0.29, 0.717) is 42.3 Å². The number of aromatic nitrogens is 1. The number of nitrogens with zero attached hydrogens (tertiary/aromatic N) is 1. The Balaban J connectivity index is 1.31. The minimum atomic E-state index is -0.829. The van der Waals surface area contributed by atoms with Crippen molar-refractivity contribution < 1.29 is 23.8 Å². The predicted molar refractivity (Wildman–Crippen MR) is 146 cm³/mol. The smallest absolute Gasteiger partial charge is 0.162 e. The number of ether oxygens (including phenoxy) is 3. The molecule has 0 amide bonds. The van der Waals surface area contributed by atoms with Gasteiger partial charge in [0.2, 0.25) is 0 Å². The van der Waals surface area contributed by atoms with Crippen molar-refractivity contribution in [3.8, 4) is 23.0 Å². The average molecular weight is 510 g/mol. The Labute approximate surface area is 222 Å². The van der Waals surface area contributed by atoms with Crippen LogP contribution in [0.4, 0.5) is 0 Å². The van der Waals surface area contributed by atoms with Crippen molar-refractivity contribution in [2.24, 2.45) is 5.41 Å². The number of methoxy groups -OCH3 is 2. The van der Waals surface area contributed by atoms with Gasteiger partial charge >= 0.3 is 0 Å². The lowest BCUT2D eigenvalue weighted by Gasteiger charge is -2.15. The highest BCUT2D eigenvalue weighted by molar-refractivity contribution is 6.11. The summed E-state index contributed by atoms with van der Waals surface area (Å²) in [6, 6.07) is 19.1. The summed E-state index contributed by atoms with van der Waals surface area (Å²) in [6.45, 7) is 3.97. The molecule has 0 radical (unpaired) electrons. The van der Waals surface area contributed by atoms with E-state index in [-0.39, 0.29) is 18.0 Å². The van der Waals surface area contributed by atoms with Gasteiger partial charge in [0, 0.05) is 30.5 Å². The normalized spacial score (nSPS) is 13.7. The maximum atomic E-state index is 13.2. The summed E-state index contributed by atoms with van der Waals surface area (Å²) in [4.78, 5) is 30.7. The van der Waals surface area contributed by atoms with Gasteiger partial charge in [0.1, 0.15) is 11.5 Å². The summed E-state index contributed by atoms with van der Waals surface area (Å²) in [5.74, 6) is 2.54. The molecular weight excluding hydrogens is 478 g/mol. The molecule has 6 heteroatoms. The highest BCUT2D eigenvalue weighted by Gasteiger charge is 2.54. The van der Waals surface area contributed by atoms with Crippen molar-refractivity contribution in [3.05, 3.63) is 89.1 Å². The molecule has 0 spiro atoms. The van der Waals surface area contributed by atoms with Crippen LogP contribution in [0.25, 0.3) is 10.9 Å². The maximum Gasteiger partial charge on any atom is 0.162 e. The summed E-state index contributed by atoms with van der Waals surface area (Å²) in [7, 11) is 3.18. The molecule has 3 aromatic carbocycles. The van der Waals surface area contributed by atoms with E-state index in [2.05, 4.69) is 4.98 Å². The van der Waals surface area contributed by atoms with E-state index < -0.39 is 5.41 Å². The minimum absolute atomic E-state index is 0.00356. The van der Waals surface area contributed by atoms with Crippen LogP contribution in [0.5, 0.6) is 23.0 Å². The number of carbonyl (C=O) groups excluding carboxylic acids is 2. The molecule has 0 N–H and O–H groups in total. The van der Waals surface area contributed by atoms with Crippen molar-refractivity contribution in [2.75, 3.05) is 14.2 Å². The van der Waals surface area contributed by atoms with Gasteiger partial charge in [0.25, 0.3) is 0 Å². The lowest BCUT2D eigenvalue weighted by Crippen LogP contribution is -2.28. The van der Waals surface area contributed by atoms with Gasteiger partial charge in [0.15, 0.2) is 23.1 Å². The topological polar surface area (TPSA) is 74.7 Å². The molecule has 194 valence electrons. The van der Waals surface area contributed by atoms with Gasteiger partial charge in [-0.15, -0.1) is 0 Å². The zero-order chi connectivity index (χ0) is 26.9. The van der Waals surface area contributed by atoms with Crippen molar-refractivity contribution in [1.82, 2.24) is 4.98 Å². The first-order valence-corrected chi connectivity index (χ1v) is 12.7. The summed E-state index contributed by atoms with van der Waals surface area (Å²) >= 11 is 0. The molecule has 1 heterocycles. The number of hydrogen-bond donors (Lipinski definition) is 0. The first kappa shape index (κ1) is 25.5. The van der Waals surface area contributed by atoms with Gasteiger partial charge in [-0.2, -0.15) is 0 Å². The fraction of sp³-hybridized carbons (Fsp3) is 0.281. The van der Waals surface area contributed by atoms with E-state index in [1.807, 2.05) is 74.5 Å². The summed E-state index contributed by atoms with van der Waals surface area (Å²) in [5, 5.41) is 0.798. The molecule has 6 nitrogen and oxygen atoms in total. The second kappa shape index (κ2) is 10.3. The van der Waals surface area contributed by atoms with Gasteiger partial charge in [-0.25, -0.2) is 0 Å². The molecule has 0 unspecified atom stereocenters. The largest absolute Gasteiger partial charge is 0.493 e. The second-order valence-corrected chi connectivity index (χ2v) is 10.0. The molecule has 0 saturated heterocycles. The molecule has 4 aromatic rings. The molecule has 1 saturated carbocycles. The van der Waals surface area contributed by atoms with Crippen LogP contribution in [-0.4, -0.2) is 30.8 Å². The third kappa shape index (κ3) is 4.99. The Kier molecular flexibility index (Phi) is 6.89. The monoisotopic (exact) mass is 509 g/mol. The molecule has 1 aromatic heterocycles. The van der Waals surface area contributed by atoms with E-state index in [1.165, 1.54) is 0 Å². The molecule has 5 rings (SSSR count). The van der Waals surface area contributed by atoms with Crippen LogP contribution in [0.15, 0.2) is 66.9 Å². The first-order valence-electron chi connectivity index (χ1n) is 12.7. The highest BCUT2D eigenvalue weighted by atomic mass is 16.5. The van der Waals surface area contributed by atoms with Crippen LogP contribution < -0.4 is 14.2 Å². The molecule has 1 aliphatic carbocycles. The molecule has 1 fully saturated rings. The number of ketones is 2. The molecule has 1 aliphatic rings. The van der Waals surface area contributed by atoms with Gasteiger partial charge in [-0.3, -0.25) is 14.6 Å². The van der Waals surface area contributed by atoms with E-state index in [9.17, 15) is 9.59 Å². The predicted octanol–water partition coefficient (Wildman–Crippen LogP) is 6.36. The Morgan fingerprint density at radius 3 is 2.03 bits per heavy atom. The zero-order valence-corrected chi connectivity index (χ0v) is 22.2. The van der Waals surface area contributed by atoms with Crippen molar-refractivity contribution in [2.45, 2.75) is 39.5 Å². The number of benzene rings is 3. The molecule has 0 atom stereocenters. The van der Waals surface area contributed by atoms with E-state index >= 15 is 0 Å². The van der Waals surface area contributed by atoms with Crippen LogP contribution in [0, 0.1) is 19.3 Å². The fourth-order valence-electron chi connectivity index (χ4n) is 4.84. The standard InChI is InChI=1S/C32H31NO5/c1-20-5-7-22(8-6-20)16-30(34)32(12-13-32)31(35)17-23-9-10-26(21(2)15-23)38-27-11-14-33-25-19-29(37-4)28(36-3)18-24(25)27/h5-11,14-15,18-19H,12-13,16-17H2,1-4H3. The number of carbonyl (C=O) groups is 2. The summed E-state index contributed by atoms with van der Waals surface area (Å²) < 4.78 is 17.1. The number of pyridine rings is 1. The van der Waals surface area contributed by atoms with Crippen LogP contribution in [0.1, 0.15) is 35.1 Å². The molecule has 38 heavy (non-hydrogen) atoms. The van der Waals surface area contributed by atoms with Gasteiger partial charge < -0.3 is 14.2 Å². The van der Waals surface area contributed by atoms with E-state index in [4.69, 9.17) is 14.2 Å². The average Bonchev–Trinajstić information content (AvgIpc) is 3.73. The van der Waals surface area contributed by atoms with Crippen LogP contribution >= 0.6 is 0 Å². The third-order valence-corrected chi connectivity index (χ3v) is 7.33. The van der Waals surface area contributed by atoms with E-state index in [1.54, 1.807) is 20.4 Å². The van der Waals surface area contributed by atoms with Gasteiger partial charge in [-0.1, -0.05) is 42.0 Å². The Morgan fingerprint density at radius 1 is 0.763 bits per heavy atom. The summed E-state index contributed by atoms with van der Waals surface area (Å²) in [5.41, 5.74) is 3.78. The Hall–Kier alpha value is -4.19. The molecular formula is C32H31NO5. The number of rotatable bonds is 10. The van der Waals surface area contributed by atoms with Crippen molar-refractivity contribution >= 4 is 22.5 Å². The third-order valence-electron chi connectivity index (χ3n) is 7.33. The highest BCUT2D eigenvalue weighted by Crippen LogP contribution is 2.49. The van der Waals surface area contributed by atoms with Crippen LogP contribution in [-0.2, 0) is 22.4 Å². The SMILES string of the molecule is COc1cc2nccc(Oc3ccc(CC(=O)C4(C(=O)Cc5ccc(C)cc5)CC4)cc3C)c2cc1OC. The van der Waals surface area contributed by atoms with Gasteiger partial charge in [-0.05, 0) is 61.6 Å². The zero-order valence-electron chi connectivity index (χ0n) is 22.2. The van der Waals surface area contributed by atoms with Crippen LogP contribution in [0.3, 0.4) is 0 Å². The lowest BCUT2D eigenvalue weighted by atomic mass is 9.87. The maximum absolute atomic E-state index is 13.2. The minimum Gasteiger partial charge on any atom is -0.493 e. The number of fused-ring (bicyclic) bond motifs is 1. The van der Waals surface area contributed by atoms with Crippen LogP contribution in [0.2, 0.25) is 0 Å². The summed E-state index contributed by atoms with van der Waals surface area (Å²) in [6.07, 6.45) is 3.50. The number of aryl methyl sites for hydroxylation is 2. The Bertz CT molecular complexity index is 1520. The molecule has 0 aliphatic heterocycles. The van der Waals surface area contributed by atoms with E-state index in [0.717, 1.165) is 33.2 Å². The quantitative estimate of drug-likeness (QED) is 0.232. The first-order chi connectivity index (χ1) is 18.3. The lowest BCUT2D eigenvalue weighted by molar-refractivity contribution is -0.133. The second-order valence-electron chi connectivity index (χ2n) is 10.0. The van der Waals surface area contributed by atoms with Crippen molar-refractivity contribution in [1.29, 1.82) is 0 Å². The number of hydrogen-bond acceptors (Lipinski definition) is 6.